The van der Waals surface area contributed by atoms with E-state index < -0.39 is 17.7 Å². The van der Waals surface area contributed by atoms with Gasteiger partial charge in [0.2, 0.25) is 5.91 Å². The van der Waals surface area contributed by atoms with Crippen molar-refractivity contribution in [1.82, 2.24) is 5.32 Å². The van der Waals surface area contributed by atoms with Gasteiger partial charge in [0.05, 0.1) is 0 Å². The van der Waals surface area contributed by atoms with Gasteiger partial charge in [0.1, 0.15) is 11.9 Å². The van der Waals surface area contributed by atoms with Crippen molar-refractivity contribution in [3.05, 3.63) is 83.3 Å². The van der Waals surface area contributed by atoms with Crippen LogP contribution in [0, 0.1) is 6.08 Å². The number of amides is 2. The van der Waals surface area contributed by atoms with Crippen molar-refractivity contribution in [3.63, 3.8) is 0 Å². The van der Waals surface area contributed by atoms with Crippen LogP contribution in [0.4, 0.5) is 5.69 Å². The smallest absolute Gasteiger partial charge is 0.900 e. The summed E-state index contributed by atoms with van der Waals surface area (Å²) < 4.78 is 0. The van der Waals surface area contributed by atoms with Crippen LogP contribution < -0.4 is 10.2 Å². The fraction of sp³-hybridized carbons (Fsp3) is 0.227. The Hall–Kier alpha value is -2.52. The number of likely N-dealkylation sites (N-methyl/N-ethyl adjacent to an activating group) is 1. The first-order valence-corrected chi connectivity index (χ1v) is 8.89. The molecule has 142 valence electrons. The number of hydrogen-bond acceptors (Lipinski definition) is 2. The van der Waals surface area contributed by atoms with E-state index >= 15 is 0 Å². The molecule has 0 spiro atoms. The molecule has 0 aliphatic carbocycles. The number of hydrogen-bond donors (Lipinski definition) is 1. The molecule has 1 atom stereocenters. The minimum atomic E-state index is -0.681. The molecule has 1 aliphatic rings. The Morgan fingerprint density at radius 3 is 2.64 bits per heavy atom. The average molecular weight is 543 g/mol. The van der Waals surface area contributed by atoms with Crippen LogP contribution in [0.15, 0.2) is 60.7 Å². The molecule has 1 N–H and O–H groups in total. The minimum Gasteiger partial charge on any atom is -0.900 e. The zero-order valence-corrected chi connectivity index (χ0v) is 18.5. The summed E-state index contributed by atoms with van der Waals surface area (Å²) >= 11 is 0. The molecular weight excluding hydrogens is 522 g/mol. The number of aryl methyl sites for hydroxylation is 1. The molecule has 0 fully saturated rings. The van der Waals surface area contributed by atoms with Crippen molar-refractivity contribution in [2.24, 2.45) is 0 Å². The van der Waals surface area contributed by atoms with Crippen LogP contribution in [-0.4, -0.2) is 30.6 Å². The van der Waals surface area contributed by atoms with Crippen LogP contribution in [0.1, 0.15) is 17.5 Å². The Morgan fingerprint density at radius 1 is 1.21 bits per heavy atom. The molecule has 6 heteroatoms. The predicted octanol–water partition coefficient (Wildman–Crippen LogP) is 2.69. The van der Waals surface area contributed by atoms with E-state index in [0.717, 1.165) is 16.8 Å². The molecule has 0 saturated carbocycles. The number of nitrogens with one attached hydrogen (secondary N) is 1. The second kappa shape index (κ2) is 10.1. The first kappa shape index (κ1) is 21.8. The fourth-order valence-corrected chi connectivity index (χ4v) is 3.12. The largest absolute Gasteiger partial charge is 2.00 e. The molecule has 1 aliphatic heterocycles. The molecule has 0 radical (unpaired) electrons. The molecule has 2 amide bonds. The van der Waals surface area contributed by atoms with Gasteiger partial charge in [-0.25, -0.2) is 0 Å². The summed E-state index contributed by atoms with van der Waals surface area (Å²) in [5, 5.41) is 12.6. The van der Waals surface area contributed by atoms with E-state index in [2.05, 4.69) is 11.4 Å². The third kappa shape index (κ3) is 5.26. The van der Waals surface area contributed by atoms with Crippen molar-refractivity contribution in [3.8, 4) is 0 Å². The number of carbonyl (C=O) groups is 2. The van der Waals surface area contributed by atoms with Crippen LogP contribution >= 0.6 is 0 Å². The number of carbonyl (C=O) groups excluding carboxylic acids is 2. The molecule has 0 aromatic heterocycles. The quantitative estimate of drug-likeness (QED) is 0.466. The number of anilines is 1. The van der Waals surface area contributed by atoms with Crippen LogP contribution in [0.2, 0.25) is 0 Å². The van der Waals surface area contributed by atoms with Gasteiger partial charge in [0, 0.05) is 12.7 Å². The maximum Gasteiger partial charge on any atom is 2.00 e. The first-order valence-electron chi connectivity index (χ1n) is 8.89. The number of allylic oxidation sites excluding steroid dienone is 1. The molecule has 0 saturated heterocycles. The van der Waals surface area contributed by atoms with E-state index in [1.165, 1.54) is 6.08 Å². The molecule has 3 rings (SSSR count). The number of nitrogens with zero attached hydrogens (tertiary/aromatic N) is 2. The zero-order valence-electron chi connectivity index (χ0n) is 15.6. The van der Waals surface area contributed by atoms with E-state index in [-0.39, 0.29) is 27.0 Å². The Kier molecular flexibility index (Phi) is 7.89. The number of benzene rings is 2. The van der Waals surface area contributed by atoms with Crippen molar-refractivity contribution in [2.45, 2.75) is 25.3 Å². The van der Waals surface area contributed by atoms with Gasteiger partial charge in [0.25, 0.3) is 0 Å². The van der Waals surface area contributed by atoms with Gasteiger partial charge in [0.15, 0.2) is 0 Å². The summed E-state index contributed by atoms with van der Waals surface area (Å²) in [7, 11) is 1.70. The van der Waals surface area contributed by atoms with E-state index in [4.69, 9.17) is 0 Å². The monoisotopic (exact) mass is 543 g/mol. The number of rotatable bonds is 5. The van der Waals surface area contributed by atoms with Gasteiger partial charge in [-0.05, 0) is 24.5 Å². The summed E-state index contributed by atoms with van der Waals surface area (Å²) in [5.41, 5.74) is 2.49. The van der Waals surface area contributed by atoms with Crippen LogP contribution in [0.3, 0.4) is 0 Å². The Bertz CT molecular complexity index is 880. The third-order valence-corrected chi connectivity index (χ3v) is 4.61. The van der Waals surface area contributed by atoms with Crippen molar-refractivity contribution in [1.29, 1.82) is 0 Å². The maximum atomic E-state index is 12.7. The van der Waals surface area contributed by atoms with E-state index in [0.29, 0.717) is 19.3 Å². The molecule has 1 heterocycles. The second-order valence-corrected chi connectivity index (χ2v) is 6.49. The summed E-state index contributed by atoms with van der Waals surface area (Å²) in [6.45, 7) is 0. The van der Waals surface area contributed by atoms with Gasteiger partial charge < -0.3 is 15.6 Å². The van der Waals surface area contributed by atoms with Crippen LogP contribution in [0.25, 0.3) is 5.41 Å². The standard InChI is InChI=1S/C22H21N3O2.W/c1-25-20-13-6-5-11-17(20)14-15-19(22(25)27)24-21(26)18(23)12-7-10-16-8-3-2-4-9-16;/h2-6,8-9,11-13,19H,10,14-15H2,1H3,(H,24,26);/q-2;+2. The van der Waals surface area contributed by atoms with Gasteiger partial charge >= 0.3 is 21.1 Å². The van der Waals surface area contributed by atoms with Gasteiger partial charge in [-0.15, -0.1) is 0 Å². The zero-order chi connectivity index (χ0) is 19.2. The molecule has 0 bridgehead atoms. The summed E-state index contributed by atoms with van der Waals surface area (Å²) in [5.74, 6) is -0.869. The molecule has 2 aromatic rings. The fourth-order valence-electron chi connectivity index (χ4n) is 3.12. The van der Waals surface area contributed by atoms with Crippen LogP contribution in [0.5, 0.6) is 0 Å². The summed E-state index contributed by atoms with van der Waals surface area (Å²) in [6, 6.07) is 16.6. The molecule has 1 unspecified atom stereocenters. The SMILES string of the molecule is CN1C(=O)C(NC(=O)C(=[N-])C=[C-]Cc2ccccc2)CCc2ccccc21.[W+2]. The van der Waals surface area contributed by atoms with Gasteiger partial charge in [-0.3, -0.25) is 27.5 Å². The summed E-state index contributed by atoms with van der Waals surface area (Å²) in [4.78, 5) is 26.5. The van der Waals surface area contributed by atoms with E-state index in [1.54, 1.807) is 11.9 Å². The Morgan fingerprint density at radius 2 is 1.89 bits per heavy atom. The number of fused-ring (bicyclic) bond motifs is 1. The average Bonchev–Trinajstić information content (AvgIpc) is 2.81. The normalized spacial score (nSPS) is 16.1. The molecule has 28 heavy (non-hydrogen) atoms. The van der Waals surface area contributed by atoms with Gasteiger partial charge in [-0.1, -0.05) is 60.5 Å². The maximum absolute atomic E-state index is 12.7. The van der Waals surface area contributed by atoms with Crippen LogP contribution in [-0.2, 0) is 43.5 Å². The number of para-hydroxylation sites is 1. The molecule has 5 nitrogen and oxygen atoms in total. The van der Waals surface area contributed by atoms with Gasteiger partial charge in [-0.2, -0.15) is 0 Å². The topological polar surface area (TPSA) is 71.7 Å². The van der Waals surface area contributed by atoms with Crippen molar-refractivity contribution >= 4 is 23.2 Å². The van der Waals surface area contributed by atoms with E-state index in [9.17, 15) is 15.0 Å². The predicted molar refractivity (Wildman–Crippen MR) is 106 cm³/mol. The second-order valence-electron chi connectivity index (χ2n) is 6.49. The third-order valence-electron chi connectivity index (χ3n) is 4.61. The van der Waals surface area contributed by atoms with Crippen molar-refractivity contribution in [2.75, 3.05) is 11.9 Å². The molecule has 2 aromatic carbocycles. The minimum absolute atomic E-state index is 0. The Labute approximate surface area is 179 Å². The van der Waals surface area contributed by atoms with Crippen molar-refractivity contribution < 1.29 is 30.7 Å². The summed E-state index contributed by atoms with van der Waals surface area (Å²) in [6.07, 6.45) is 5.79. The first-order chi connectivity index (χ1) is 13.1. The molecular formula is C22H21N3O2W. The van der Waals surface area contributed by atoms with E-state index in [1.807, 2.05) is 54.6 Å². The Balaban J connectivity index is 0.00000280.